The van der Waals surface area contributed by atoms with E-state index in [0.717, 1.165) is 33.1 Å². The second-order valence-electron chi connectivity index (χ2n) is 7.07. The summed E-state index contributed by atoms with van der Waals surface area (Å²) in [6.45, 7) is 1.77. The lowest BCUT2D eigenvalue weighted by Crippen LogP contribution is -2.42. The molecule has 31 heavy (non-hydrogen) atoms. The van der Waals surface area contributed by atoms with Gasteiger partial charge >= 0.3 is 5.97 Å². The van der Waals surface area contributed by atoms with Gasteiger partial charge in [0.15, 0.2) is 0 Å². The molecule has 0 saturated carbocycles. The van der Waals surface area contributed by atoms with Crippen molar-refractivity contribution in [3.05, 3.63) is 76.6 Å². The van der Waals surface area contributed by atoms with E-state index in [1.54, 1.807) is 24.3 Å². The quantitative estimate of drug-likeness (QED) is 0.436. The predicted molar refractivity (Wildman–Crippen MR) is 117 cm³/mol. The van der Waals surface area contributed by atoms with Gasteiger partial charge in [-0.3, -0.25) is 14.5 Å². The third-order valence-corrected chi connectivity index (χ3v) is 6.04. The van der Waals surface area contributed by atoms with Crippen LogP contribution >= 0.6 is 11.8 Å². The summed E-state index contributed by atoms with van der Waals surface area (Å²) in [6.07, 6.45) is 3.46. The molecule has 3 aromatic rings. The molecule has 2 heterocycles. The average molecular weight is 438 g/mol. The first-order valence-corrected chi connectivity index (χ1v) is 10.4. The van der Waals surface area contributed by atoms with Crippen LogP contribution < -0.4 is 0 Å². The Labute approximate surface area is 182 Å². The van der Waals surface area contributed by atoms with E-state index in [1.165, 1.54) is 20.1 Å². The summed E-state index contributed by atoms with van der Waals surface area (Å²) >= 11 is 0.779. The van der Waals surface area contributed by atoms with E-state index in [1.807, 2.05) is 35.0 Å². The zero-order chi connectivity index (χ0) is 22.1. The molecule has 158 valence electrons. The summed E-state index contributed by atoms with van der Waals surface area (Å²) in [6, 6.07) is 13.1. The fraction of sp³-hybridized carbons (Fsp3) is 0.174. The fourth-order valence-corrected chi connectivity index (χ4v) is 4.46. The van der Waals surface area contributed by atoms with Crippen LogP contribution in [0, 0.1) is 5.82 Å². The topological polar surface area (TPSA) is 68.6 Å². The standard InChI is InChI=1S/C23H19FN2O4S/c1-14(22(28)30-2)26-21(27)20(31-23(26)29)11-16-13-25(19-10-6-4-8-17(16)19)12-15-7-3-5-9-18(15)24/h3-11,13-14H,12H2,1-2H3/b20-11+/t14-/m1/s1. The number of halogens is 1. The number of hydrogen-bond acceptors (Lipinski definition) is 5. The van der Waals surface area contributed by atoms with E-state index in [9.17, 15) is 18.8 Å². The summed E-state index contributed by atoms with van der Waals surface area (Å²) in [4.78, 5) is 38.1. The van der Waals surface area contributed by atoms with Crippen LogP contribution in [-0.2, 0) is 20.9 Å². The van der Waals surface area contributed by atoms with Crippen molar-refractivity contribution in [2.24, 2.45) is 0 Å². The largest absolute Gasteiger partial charge is 0.467 e. The number of carbonyl (C=O) groups is 3. The van der Waals surface area contributed by atoms with Crippen molar-refractivity contribution in [3.8, 4) is 0 Å². The molecule has 1 aromatic heterocycles. The number of benzene rings is 2. The van der Waals surface area contributed by atoms with Gasteiger partial charge in [-0.05, 0) is 36.9 Å². The maximum absolute atomic E-state index is 14.2. The van der Waals surface area contributed by atoms with Crippen molar-refractivity contribution in [2.75, 3.05) is 7.11 Å². The molecule has 1 aliphatic heterocycles. The van der Waals surface area contributed by atoms with E-state index >= 15 is 0 Å². The number of para-hydroxylation sites is 1. The monoisotopic (exact) mass is 438 g/mol. The number of aromatic nitrogens is 1. The number of rotatable bonds is 5. The SMILES string of the molecule is COC(=O)[C@@H](C)N1C(=O)S/C(=C/c2cn(Cc3ccccc3F)c3ccccc23)C1=O. The molecule has 8 heteroatoms. The molecule has 0 aliphatic carbocycles. The van der Waals surface area contributed by atoms with Gasteiger partial charge in [0.25, 0.3) is 11.1 Å². The number of ether oxygens (including phenoxy) is 1. The first-order chi connectivity index (χ1) is 14.9. The Morgan fingerprint density at radius 1 is 1.16 bits per heavy atom. The second-order valence-corrected chi connectivity index (χ2v) is 8.06. The lowest BCUT2D eigenvalue weighted by atomic mass is 10.1. The summed E-state index contributed by atoms with van der Waals surface area (Å²) < 4.78 is 20.7. The van der Waals surface area contributed by atoms with Crippen LogP contribution in [0.2, 0.25) is 0 Å². The number of thioether (sulfide) groups is 1. The van der Waals surface area contributed by atoms with Gasteiger partial charge in [-0.15, -0.1) is 0 Å². The van der Waals surface area contributed by atoms with Crippen LogP contribution in [0.4, 0.5) is 9.18 Å². The van der Waals surface area contributed by atoms with Crippen molar-refractivity contribution in [1.82, 2.24) is 9.47 Å². The molecule has 0 radical (unpaired) electrons. The molecule has 0 unspecified atom stereocenters. The number of fused-ring (bicyclic) bond motifs is 1. The van der Waals surface area contributed by atoms with E-state index in [-0.39, 0.29) is 10.7 Å². The van der Waals surface area contributed by atoms with E-state index in [0.29, 0.717) is 12.1 Å². The molecule has 2 amide bonds. The highest BCUT2D eigenvalue weighted by atomic mass is 32.2. The molecule has 2 aromatic carbocycles. The lowest BCUT2D eigenvalue weighted by Gasteiger charge is -2.18. The second kappa shape index (κ2) is 8.39. The van der Waals surface area contributed by atoms with Gasteiger partial charge in [0, 0.05) is 28.2 Å². The number of hydrogen-bond donors (Lipinski definition) is 0. The molecular formula is C23H19FN2O4S. The fourth-order valence-electron chi connectivity index (χ4n) is 3.56. The van der Waals surface area contributed by atoms with E-state index in [2.05, 4.69) is 4.74 Å². The van der Waals surface area contributed by atoms with Gasteiger partial charge < -0.3 is 9.30 Å². The van der Waals surface area contributed by atoms with Crippen LogP contribution in [0.5, 0.6) is 0 Å². The molecule has 1 aliphatic rings. The number of amides is 2. The Bertz CT molecular complexity index is 1230. The summed E-state index contributed by atoms with van der Waals surface area (Å²) in [5, 5.41) is 0.343. The summed E-state index contributed by atoms with van der Waals surface area (Å²) in [5.74, 6) is -1.50. The highest BCUT2D eigenvalue weighted by Gasteiger charge is 2.41. The number of nitrogens with zero attached hydrogens (tertiary/aromatic N) is 2. The Morgan fingerprint density at radius 2 is 1.87 bits per heavy atom. The third kappa shape index (κ3) is 3.86. The Hall–Kier alpha value is -3.39. The number of imide groups is 1. The number of esters is 1. The van der Waals surface area contributed by atoms with Crippen molar-refractivity contribution >= 4 is 45.9 Å². The first-order valence-electron chi connectivity index (χ1n) is 9.57. The van der Waals surface area contributed by atoms with Gasteiger partial charge in [0.1, 0.15) is 11.9 Å². The lowest BCUT2D eigenvalue weighted by molar-refractivity contribution is -0.148. The molecule has 1 atom stereocenters. The Morgan fingerprint density at radius 3 is 2.61 bits per heavy atom. The van der Waals surface area contributed by atoms with Crippen LogP contribution in [0.3, 0.4) is 0 Å². The average Bonchev–Trinajstić information content (AvgIpc) is 3.25. The molecule has 4 rings (SSSR count). The number of carbonyl (C=O) groups excluding carboxylic acids is 3. The molecule has 1 saturated heterocycles. The highest BCUT2D eigenvalue weighted by molar-refractivity contribution is 8.18. The minimum Gasteiger partial charge on any atom is -0.467 e. The van der Waals surface area contributed by atoms with E-state index in [4.69, 9.17) is 0 Å². The van der Waals surface area contributed by atoms with Gasteiger partial charge in [-0.1, -0.05) is 36.4 Å². The molecular weight excluding hydrogens is 419 g/mol. The smallest absolute Gasteiger partial charge is 0.328 e. The Kier molecular flexibility index (Phi) is 5.65. The number of methoxy groups -OCH3 is 1. The van der Waals surface area contributed by atoms with E-state index < -0.39 is 23.2 Å². The maximum atomic E-state index is 14.2. The molecule has 1 fully saturated rings. The molecule has 6 nitrogen and oxygen atoms in total. The summed E-state index contributed by atoms with van der Waals surface area (Å²) in [7, 11) is 1.21. The minimum absolute atomic E-state index is 0.217. The van der Waals surface area contributed by atoms with Crippen molar-refractivity contribution < 1.29 is 23.5 Å². The first kappa shape index (κ1) is 20.9. The summed E-state index contributed by atoms with van der Waals surface area (Å²) in [5.41, 5.74) is 2.14. The van der Waals surface area contributed by atoms with Gasteiger partial charge in [-0.25, -0.2) is 9.18 Å². The molecule has 0 spiro atoms. The highest BCUT2D eigenvalue weighted by Crippen LogP contribution is 2.35. The van der Waals surface area contributed by atoms with Gasteiger partial charge in [0.05, 0.1) is 18.6 Å². The zero-order valence-electron chi connectivity index (χ0n) is 16.9. The molecule has 0 N–H and O–H groups in total. The van der Waals surface area contributed by atoms with Crippen LogP contribution in [0.1, 0.15) is 18.1 Å². The van der Waals surface area contributed by atoms with Crippen LogP contribution in [-0.4, -0.2) is 39.7 Å². The van der Waals surface area contributed by atoms with Crippen LogP contribution in [0.15, 0.2) is 59.6 Å². The van der Waals surface area contributed by atoms with Gasteiger partial charge in [-0.2, -0.15) is 0 Å². The van der Waals surface area contributed by atoms with Crippen molar-refractivity contribution in [1.29, 1.82) is 0 Å². The normalized spacial score (nSPS) is 16.4. The zero-order valence-corrected chi connectivity index (χ0v) is 17.7. The predicted octanol–water partition coefficient (Wildman–Crippen LogP) is 4.43. The van der Waals surface area contributed by atoms with Crippen LogP contribution in [0.25, 0.3) is 17.0 Å². The molecule has 0 bridgehead atoms. The van der Waals surface area contributed by atoms with Crippen molar-refractivity contribution in [2.45, 2.75) is 19.5 Å². The maximum Gasteiger partial charge on any atom is 0.328 e. The minimum atomic E-state index is -1.01. The van der Waals surface area contributed by atoms with Crippen molar-refractivity contribution in [3.63, 3.8) is 0 Å². The third-order valence-electron chi connectivity index (χ3n) is 5.16. The Balaban J connectivity index is 1.72. The van der Waals surface area contributed by atoms with Gasteiger partial charge in [0.2, 0.25) is 0 Å².